The first-order valence-electron chi connectivity index (χ1n) is 6.29. The summed E-state index contributed by atoms with van der Waals surface area (Å²) >= 11 is 0. The number of aromatic nitrogens is 1. The number of nitrogens with zero attached hydrogens (tertiary/aromatic N) is 1. The van der Waals surface area contributed by atoms with Crippen molar-refractivity contribution in [2.75, 3.05) is 5.73 Å². The van der Waals surface area contributed by atoms with Crippen LogP contribution in [0.3, 0.4) is 0 Å². The number of anilines is 1. The molecule has 1 heterocycles. The molecule has 1 aromatic heterocycles. The fraction of sp³-hybridized carbons (Fsp3) is 0.267. The van der Waals surface area contributed by atoms with E-state index in [1.165, 1.54) is 11.1 Å². The topological polar surface area (TPSA) is 48.1 Å². The van der Waals surface area contributed by atoms with Crippen molar-refractivity contribution in [2.45, 2.75) is 25.4 Å². The summed E-state index contributed by atoms with van der Waals surface area (Å²) in [4.78, 5) is 4.20. The van der Waals surface area contributed by atoms with Gasteiger partial charge in [-0.05, 0) is 36.5 Å². The minimum atomic E-state index is 0.101. The van der Waals surface area contributed by atoms with E-state index < -0.39 is 0 Å². The number of nitrogens with two attached hydrogens (primary N) is 1. The third kappa shape index (κ3) is 2.16. The lowest BCUT2D eigenvalue weighted by Gasteiger charge is -2.25. The predicted octanol–water partition coefficient (Wildman–Crippen LogP) is 3.12. The fourth-order valence-corrected chi connectivity index (χ4v) is 2.47. The van der Waals surface area contributed by atoms with E-state index in [4.69, 9.17) is 10.5 Å². The average Bonchev–Trinajstić information content (AvgIpc) is 2.39. The Balaban J connectivity index is 1.86. The zero-order valence-corrected chi connectivity index (χ0v) is 10.2. The number of aryl methyl sites for hydroxylation is 1. The molecule has 1 atom stereocenters. The van der Waals surface area contributed by atoms with Crippen molar-refractivity contribution in [1.29, 1.82) is 0 Å². The average molecular weight is 240 g/mol. The van der Waals surface area contributed by atoms with Crippen LogP contribution in [0.5, 0.6) is 5.88 Å². The van der Waals surface area contributed by atoms with Crippen molar-refractivity contribution in [3.8, 4) is 5.88 Å². The summed E-state index contributed by atoms with van der Waals surface area (Å²) < 4.78 is 5.97. The van der Waals surface area contributed by atoms with Crippen molar-refractivity contribution in [2.24, 2.45) is 0 Å². The number of nitrogen functional groups attached to an aromatic ring is 1. The molecule has 2 N–H and O–H groups in total. The largest absolute Gasteiger partial charge is 0.469 e. The Bertz CT molecular complexity index is 554. The second-order valence-corrected chi connectivity index (χ2v) is 4.62. The highest BCUT2D eigenvalue weighted by atomic mass is 16.5. The molecule has 3 nitrogen and oxygen atoms in total. The number of pyridine rings is 1. The number of fused-ring (bicyclic) bond motifs is 1. The van der Waals surface area contributed by atoms with E-state index in [1.54, 1.807) is 18.3 Å². The van der Waals surface area contributed by atoms with Crippen LogP contribution < -0.4 is 10.5 Å². The zero-order chi connectivity index (χ0) is 12.4. The van der Waals surface area contributed by atoms with Gasteiger partial charge in [-0.1, -0.05) is 24.3 Å². The van der Waals surface area contributed by atoms with Crippen molar-refractivity contribution in [3.63, 3.8) is 0 Å². The molecule has 0 fully saturated rings. The number of benzene rings is 1. The number of ether oxygens (including phenoxy) is 1. The number of rotatable bonds is 2. The van der Waals surface area contributed by atoms with Gasteiger partial charge < -0.3 is 10.5 Å². The van der Waals surface area contributed by atoms with Crippen molar-refractivity contribution < 1.29 is 4.74 Å². The molecule has 1 aliphatic rings. The molecule has 1 unspecified atom stereocenters. The Labute approximate surface area is 107 Å². The molecule has 0 spiro atoms. The first kappa shape index (κ1) is 11.1. The van der Waals surface area contributed by atoms with E-state index in [-0.39, 0.29) is 6.10 Å². The van der Waals surface area contributed by atoms with Crippen molar-refractivity contribution in [3.05, 3.63) is 53.7 Å². The molecular formula is C15H16N2O. The maximum Gasteiger partial charge on any atom is 0.215 e. The van der Waals surface area contributed by atoms with Crippen LogP contribution in [0.25, 0.3) is 0 Å². The maximum atomic E-state index is 5.97. The summed E-state index contributed by atoms with van der Waals surface area (Å²) in [6, 6.07) is 12.0. The van der Waals surface area contributed by atoms with Crippen molar-refractivity contribution >= 4 is 5.69 Å². The molecule has 0 aliphatic heterocycles. The second-order valence-electron chi connectivity index (χ2n) is 4.62. The van der Waals surface area contributed by atoms with E-state index in [2.05, 4.69) is 29.2 Å². The lowest BCUT2D eigenvalue weighted by Crippen LogP contribution is -2.15. The van der Waals surface area contributed by atoms with E-state index in [0.29, 0.717) is 11.6 Å². The lowest BCUT2D eigenvalue weighted by atomic mass is 9.89. The van der Waals surface area contributed by atoms with Gasteiger partial charge in [-0.2, -0.15) is 0 Å². The Morgan fingerprint density at radius 1 is 1.22 bits per heavy atom. The number of hydrogen-bond donors (Lipinski definition) is 1. The highest BCUT2D eigenvalue weighted by Crippen LogP contribution is 2.33. The maximum absolute atomic E-state index is 5.97. The number of hydrogen-bond acceptors (Lipinski definition) is 3. The van der Waals surface area contributed by atoms with Crippen LogP contribution >= 0.6 is 0 Å². The Kier molecular flexibility index (Phi) is 2.89. The molecule has 0 radical (unpaired) electrons. The van der Waals surface area contributed by atoms with Gasteiger partial charge in [0.25, 0.3) is 0 Å². The summed E-state index contributed by atoms with van der Waals surface area (Å²) in [5.74, 6) is 0.608. The highest BCUT2D eigenvalue weighted by Gasteiger charge is 2.21. The Morgan fingerprint density at radius 3 is 3.00 bits per heavy atom. The Hall–Kier alpha value is -2.03. The minimum absolute atomic E-state index is 0.101. The van der Waals surface area contributed by atoms with Gasteiger partial charge in [0.2, 0.25) is 5.88 Å². The molecule has 1 aromatic carbocycles. The molecule has 92 valence electrons. The summed E-state index contributed by atoms with van der Waals surface area (Å²) in [6.45, 7) is 0. The van der Waals surface area contributed by atoms with E-state index >= 15 is 0 Å². The molecule has 3 rings (SSSR count). The van der Waals surface area contributed by atoms with Gasteiger partial charge >= 0.3 is 0 Å². The summed E-state index contributed by atoms with van der Waals surface area (Å²) in [6.07, 6.45) is 5.11. The standard InChI is InChI=1S/C15H16N2O/c16-12-8-9-17-15(10-12)18-14-7-3-5-11-4-1-2-6-13(11)14/h1-2,4,6,8-10,14H,3,5,7H2,(H2,16,17). The summed E-state index contributed by atoms with van der Waals surface area (Å²) in [7, 11) is 0. The van der Waals surface area contributed by atoms with Gasteiger partial charge in [0.15, 0.2) is 0 Å². The second kappa shape index (κ2) is 4.69. The molecule has 0 bridgehead atoms. The third-order valence-electron chi connectivity index (χ3n) is 3.34. The molecule has 2 aromatic rings. The van der Waals surface area contributed by atoms with Gasteiger partial charge in [-0.25, -0.2) is 4.98 Å². The fourth-order valence-electron chi connectivity index (χ4n) is 2.47. The van der Waals surface area contributed by atoms with Gasteiger partial charge in [-0.3, -0.25) is 0 Å². The Morgan fingerprint density at radius 2 is 2.11 bits per heavy atom. The van der Waals surface area contributed by atoms with Gasteiger partial charge in [-0.15, -0.1) is 0 Å². The van der Waals surface area contributed by atoms with Crippen LogP contribution in [0.2, 0.25) is 0 Å². The molecule has 0 saturated carbocycles. The van der Waals surface area contributed by atoms with Crippen LogP contribution in [-0.2, 0) is 6.42 Å². The van der Waals surface area contributed by atoms with Gasteiger partial charge in [0.05, 0.1) is 0 Å². The van der Waals surface area contributed by atoms with Crippen molar-refractivity contribution in [1.82, 2.24) is 4.98 Å². The van der Waals surface area contributed by atoms with Crippen LogP contribution in [0, 0.1) is 0 Å². The summed E-state index contributed by atoms with van der Waals surface area (Å²) in [5.41, 5.74) is 9.09. The molecule has 0 saturated heterocycles. The van der Waals surface area contributed by atoms with E-state index in [9.17, 15) is 0 Å². The van der Waals surface area contributed by atoms with Gasteiger partial charge in [0.1, 0.15) is 6.10 Å². The molecule has 0 amide bonds. The molecule has 3 heteroatoms. The van der Waals surface area contributed by atoms with Gasteiger partial charge in [0, 0.05) is 18.0 Å². The van der Waals surface area contributed by atoms with Crippen LogP contribution in [0.4, 0.5) is 5.69 Å². The third-order valence-corrected chi connectivity index (χ3v) is 3.34. The van der Waals surface area contributed by atoms with Crippen LogP contribution in [-0.4, -0.2) is 4.98 Å². The molecular weight excluding hydrogens is 224 g/mol. The van der Waals surface area contributed by atoms with Crippen LogP contribution in [0.15, 0.2) is 42.6 Å². The van der Waals surface area contributed by atoms with E-state index in [1.807, 2.05) is 0 Å². The predicted molar refractivity (Wildman–Crippen MR) is 71.4 cm³/mol. The zero-order valence-electron chi connectivity index (χ0n) is 10.2. The normalized spacial score (nSPS) is 18.1. The SMILES string of the molecule is Nc1ccnc(OC2CCCc3ccccc32)c1. The first-order chi connectivity index (χ1) is 8.83. The minimum Gasteiger partial charge on any atom is -0.469 e. The first-order valence-corrected chi connectivity index (χ1v) is 6.29. The molecule has 1 aliphatic carbocycles. The van der Waals surface area contributed by atoms with E-state index in [0.717, 1.165) is 19.3 Å². The quantitative estimate of drug-likeness (QED) is 0.877. The lowest BCUT2D eigenvalue weighted by molar-refractivity contribution is 0.176. The smallest absolute Gasteiger partial charge is 0.215 e. The summed E-state index contributed by atoms with van der Waals surface area (Å²) in [5, 5.41) is 0. The van der Waals surface area contributed by atoms with Crippen LogP contribution in [0.1, 0.15) is 30.1 Å². The highest BCUT2D eigenvalue weighted by molar-refractivity contribution is 5.40. The molecule has 18 heavy (non-hydrogen) atoms. The monoisotopic (exact) mass is 240 g/mol.